The standard InChI is InChI=1S/C16H24ClNO/c1-5-16(4)14(18-6-2)10-15(16)19-13-9-11(3)7-8-12(13)17/h7-9,14-15,18H,5-6,10H2,1-4H3. The van der Waals surface area contributed by atoms with Crippen molar-refractivity contribution in [2.24, 2.45) is 5.41 Å². The van der Waals surface area contributed by atoms with Gasteiger partial charge >= 0.3 is 0 Å². The molecule has 1 fully saturated rings. The summed E-state index contributed by atoms with van der Waals surface area (Å²) in [6.07, 6.45) is 2.42. The van der Waals surface area contributed by atoms with Crippen molar-refractivity contribution in [3.63, 3.8) is 0 Å². The van der Waals surface area contributed by atoms with Crippen LogP contribution in [0.1, 0.15) is 39.2 Å². The molecule has 3 heteroatoms. The molecule has 0 aromatic heterocycles. The van der Waals surface area contributed by atoms with Gasteiger partial charge in [-0.3, -0.25) is 0 Å². The number of hydrogen-bond acceptors (Lipinski definition) is 2. The van der Waals surface area contributed by atoms with Crippen LogP contribution in [0.4, 0.5) is 0 Å². The van der Waals surface area contributed by atoms with Gasteiger partial charge in [0.15, 0.2) is 0 Å². The summed E-state index contributed by atoms with van der Waals surface area (Å²) in [7, 11) is 0. The second-order valence-electron chi connectivity index (χ2n) is 5.75. The summed E-state index contributed by atoms with van der Waals surface area (Å²) in [5.74, 6) is 0.821. The third kappa shape index (κ3) is 2.75. The quantitative estimate of drug-likeness (QED) is 0.874. The van der Waals surface area contributed by atoms with Crippen molar-refractivity contribution in [1.82, 2.24) is 5.32 Å². The molecule has 19 heavy (non-hydrogen) atoms. The Kier molecular flexibility index (Phi) is 4.42. The van der Waals surface area contributed by atoms with Crippen LogP contribution in [0.3, 0.4) is 0 Å². The van der Waals surface area contributed by atoms with E-state index >= 15 is 0 Å². The molecule has 0 amide bonds. The van der Waals surface area contributed by atoms with Gasteiger partial charge in [-0.2, -0.15) is 0 Å². The average Bonchev–Trinajstić information content (AvgIpc) is 2.40. The third-order valence-corrected chi connectivity index (χ3v) is 4.86. The van der Waals surface area contributed by atoms with Gasteiger partial charge in [0.1, 0.15) is 11.9 Å². The molecule has 1 aromatic rings. The zero-order valence-corrected chi connectivity index (χ0v) is 13.1. The normalized spacial score (nSPS) is 29.9. The number of ether oxygens (including phenoxy) is 1. The van der Waals surface area contributed by atoms with Gasteiger partial charge in [0.2, 0.25) is 0 Å². The fourth-order valence-electron chi connectivity index (χ4n) is 2.89. The van der Waals surface area contributed by atoms with Crippen LogP contribution in [0.15, 0.2) is 18.2 Å². The predicted molar refractivity (Wildman–Crippen MR) is 81.1 cm³/mol. The van der Waals surface area contributed by atoms with Crippen molar-refractivity contribution in [1.29, 1.82) is 0 Å². The monoisotopic (exact) mass is 281 g/mol. The lowest BCUT2D eigenvalue weighted by Crippen LogP contribution is -2.63. The molecule has 1 saturated carbocycles. The molecule has 3 unspecified atom stereocenters. The van der Waals surface area contributed by atoms with Crippen molar-refractivity contribution in [2.45, 2.75) is 52.7 Å². The van der Waals surface area contributed by atoms with Crippen molar-refractivity contribution in [3.8, 4) is 5.75 Å². The summed E-state index contributed by atoms with van der Waals surface area (Å²) in [5.41, 5.74) is 1.38. The first-order valence-electron chi connectivity index (χ1n) is 7.17. The molecule has 0 spiro atoms. The second kappa shape index (κ2) is 5.72. The summed E-state index contributed by atoms with van der Waals surface area (Å²) in [5, 5.41) is 4.26. The Morgan fingerprint density at radius 3 is 2.79 bits per heavy atom. The molecule has 2 nitrogen and oxygen atoms in total. The molecule has 2 rings (SSSR count). The van der Waals surface area contributed by atoms with Crippen LogP contribution >= 0.6 is 11.6 Å². The van der Waals surface area contributed by atoms with E-state index in [9.17, 15) is 0 Å². The number of hydrogen-bond donors (Lipinski definition) is 1. The van der Waals surface area contributed by atoms with E-state index in [1.807, 2.05) is 18.2 Å². The maximum atomic E-state index is 6.21. The molecule has 3 atom stereocenters. The largest absolute Gasteiger partial charge is 0.488 e. The Labute approximate surface area is 121 Å². The number of nitrogens with one attached hydrogen (secondary N) is 1. The molecule has 0 bridgehead atoms. The fraction of sp³-hybridized carbons (Fsp3) is 0.625. The Bertz CT molecular complexity index is 448. The molecule has 1 aliphatic rings. The zero-order chi connectivity index (χ0) is 14.0. The fourth-order valence-corrected chi connectivity index (χ4v) is 3.05. The summed E-state index contributed by atoms with van der Waals surface area (Å²) in [6.45, 7) is 9.76. The van der Waals surface area contributed by atoms with Crippen LogP contribution in [-0.2, 0) is 0 Å². The Balaban J connectivity index is 2.10. The molecule has 1 aliphatic carbocycles. The first-order chi connectivity index (χ1) is 9.01. The van der Waals surface area contributed by atoms with E-state index in [4.69, 9.17) is 16.3 Å². The van der Waals surface area contributed by atoms with Crippen LogP contribution in [0.5, 0.6) is 5.75 Å². The zero-order valence-electron chi connectivity index (χ0n) is 12.3. The van der Waals surface area contributed by atoms with Gasteiger partial charge in [0.05, 0.1) is 5.02 Å². The first-order valence-corrected chi connectivity index (χ1v) is 7.55. The highest BCUT2D eigenvalue weighted by Crippen LogP contribution is 2.46. The van der Waals surface area contributed by atoms with Gasteiger partial charge in [-0.1, -0.05) is 38.4 Å². The van der Waals surface area contributed by atoms with Gasteiger partial charge in [-0.25, -0.2) is 0 Å². The molecule has 0 saturated heterocycles. The van der Waals surface area contributed by atoms with Crippen LogP contribution in [0, 0.1) is 12.3 Å². The minimum Gasteiger partial charge on any atom is -0.488 e. The van der Waals surface area contributed by atoms with E-state index in [1.165, 1.54) is 5.56 Å². The number of benzene rings is 1. The van der Waals surface area contributed by atoms with Crippen LogP contribution in [-0.4, -0.2) is 18.7 Å². The van der Waals surface area contributed by atoms with Crippen LogP contribution in [0.2, 0.25) is 5.02 Å². The number of halogens is 1. The van der Waals surface area contributed by atoms with Gasteiger partial charge in [-0.05, 0) is 37.6 Å². The SMILES string of the molecule is CCNC1CC(Oc2cc(C)ccc2Cl)C1(C)CC. The van der Waals surface area contributed by atoms with Gasteiger partial charge < -0.3 is 10.1 Å². The average molecular weight is 282 g/mol. The van der Waals surface area contributed by atoms with Gasteiger partial charge in [0.25, 0.3) is 0 Å². The second-order valence-corrected chi connectivity index (χ2v) is 6.15. The predicted octanol–water partition coefficient (Wildman–Crippen LogP) is 4.19. The van der Waals surface area contributed by atoms with Crippen molar-refractivity contribution in [2.75, 3.05) is 6.54 Å². The Hall–Kier alpha value is -0.730. The van der Waals surface area contributed by atoms with E-state index in [2.05, 4.69) is 33.0 Å². The van der Waals surface area contributed by atoms with Gasteiger partial charge in [-0.15, -0.1) is 0 Å². The molecule has 1 N–H and O–H groups in total. The maximum Gasteiger partial charge on any atom is 0.138 e. The topological polar surface area (TPSA) is 21.3 Å². The van der Waals surface area contributed by atoms with Gasteiger partial charge in [0, 0.05) is 17.9 Å². The van der Waals surface area contributed by atoms with Crippen molar-refractivity contribution >= 4 is 11.6 Å². The number of aryl methyl sites for hydroxylation is 1. The summed E-state index contributed by atoms with van der Waals surface area (Å²) in [4.78, 5) is 0. The molecule has 0 aliphatic heterocycles. The highest BCUT2D eigenvalue weighted by molar-refractivity contribution is 6.32. The van der Waals surface area contributed by atoms with E-state index in [-0.39, 0.29) is 11.5 Å². The minimum absolute atomic E-state index is 0.198. The summed E-state index contributed by atoms with van der Waals surface area (Å²) in [6, 6.07) is 6.50. The lowest BCUT2D eigenvalue weighted by molar-refractivity contribution is -0.0696. The minimum atomic E-state index is 0.198. The van der Waals surface area contributed by atoms with Crippen molar-refractivity contribution < 1.29 is 4.74 Å². The molecular formula is C16H24ClNO. The Morgan fingerprint density at radius 2 is 2.16 bits per heavy atom. The number of rotatable bonds is 5. The lowest BCUT2D eigenvalue weighted by Gasteiger charge is -2.53. The molecule has 106 valence electrons. The summed E-state index contributed by atoms with van der Waals surface area (Å²) < 4.78 is 6.17. The molecule has 0 radical (unpaired) electrons. The van der Waals surface area contributed by atoms with E-state index in [0.29, 0.717) is 11.1 Å². The van der Waals surface area contributed by atoms with E-state index in [0.717, 1.165) is 25.1 Å². The van der Waals surface area contributed by atoms with Crippen LogP contribution in [0.25, 0.3) is 0 Å². The van der Waals surface area contributed by atoms with E-state index < -0.39 is 0 Å². The highest BCUT2D eigenvalue weighted by atomic mass is 35.5. The first kappa shape index (κ1) is 14.7. The highest BCUT2D eigenvalue weighted by Gasteiger charge is 2.51. The maximum absolute atomic E-state index is 6.21. The Morgan fingerprint density at radius 1 is 1.42 bits per heavy atom. The molecule has 0 heterocycles. The third-order valence-electron chi connectivity index (χ3n) is 4.55. The lowest BCUT2D eigenvalue weighted by atomic mass is 9.61. The molecular weight excluding hydrogens is 258 g/mol. The van der Waals surface area contributed by atoms with Crippen molar-refractivity contribution in [3.05, 3.63) is 28.8 Å². The summed E-state index contributed by atoms with van der Waals surface area (Å²) >= 11 is 6.21. The van der Waals surface area contributed by atoms with E-state index in [1.54, 1.807) is 0 Å². The smallest absolute Gasteiger partial charge is 0.138 e. The van der Waals surface area contributed by atoms with Crippen LogP contribution < -0.4 is 10.1 Å². The molecule has 1 aromatic carbocycles.